The van der Waals surface area contributed by atoms with Gasteiger partial charge >= 0.3 is 0 Å². The first-order valence-electron chi connectivity index (χ1n) is 10.1. The van der Waals surface area contributed by atoms with Crippen molar-refractivity contribution >= 4 is 5.96 Å². The Kier molecular flexibility index (Phi) is 5.14. The Bertz CT molecular complexity index is 794. The number of nitrogens with one attached hydrogen (secondary N) is 2. The third kappa shape index (κ3) is 4.15. The molecule has 4 rings (SSSR count). The first-order chi connectivity index (χ1) is 13.1. The molecule has 2 aliphatic rings. The fourth-order valence-electron chi connectivity index (χ4n) is 4.00. The van der Waals surface area contributed by atoms with Gasteiger partial charge in [-0.05, 0) is 30.7 Å². The van der Waals surface area contributed by atoms with E-state index >= 15 is 0 Å². The Balaban J connectivity index is 1.31. The smallest absolute Gasteiger partial charge is 0.191 e. The minimum Gasteiger partial charge on any atom is -0.353 e. The summed E-state index contributed by atoms with van der Waals surface area (Å²) in [7, 11) is 1.86. The Hall–Kier alpha value is -2.37. The van der Waals surface area contributed by atoms with Crippen LogP contribution in [-0.4, -0.2) is 39.9 Å². The molecule has 1 saturated carbocycles. The Morgan fingerprint density at radius 2 is 2.04 bits per heavy atom. The standard InChI is InChI=1S/C21H30N6/c1-14(2)20-26-25-19-10-9-17(13-27(19)20)23-21(22-3)24-18-12-16(18)11-15-7-5-4-6-8-15/h4-8,14,16-18H,9-13H2,1-3H3,(H2,22,23,24). The summed E-state index contributed by atoms with van der Waals surface area (Å²) in [6.07, 6.45) is 4.39. The number of benzene rings is 1. The van der Waals surface area contributed by atoms with Gasteiger partial charge in [0.05, 0.1) is 0 Å². The monoisotopic (exact) mass is 366 g/mol. The normalized spacial score (nSPS) is 24.6. The van der Waals surface area contributed by atoms with E-state index in [1.807, 2.05) is 7.05 Å². The molecule has 0 bridgehead atoms. The van der Waals surface area contributed by atoms with E-state index in [9.17, 15) is 0 Å². The van der Waals surface area contributed by atoms with E-state index in [-0.39, 0.29) is 0 Å². The first-order valence-corrected chi connectivity index (χ1v) is 10.1. The summed E-state index contributed by atoms with van der Waals surface area (Å²) in [6.45, 7) is 5.26. The van der Waals surface area contributed by atoms with E-state index in [2.05, 4.69) is 74.6 Å². The highest BCUT2D eigenvalue weighted by Crippen LogP contribution is 2.33. The minimum absolute atomic E-state index is 0.364. The van der Waals surface area contributed by atoms with Crippen LogP contribution in [0.4, 0.5) is 0 Å². The average Bonchev–Trinajstić information content (AvgIpc) is 3.24. The molecular weight excluding hydrogens is 336 g/mol. The number of rotatable bonds is 5. The predicted octanol–water partition coefficient (Wildman–Crippen LogP) is 2.51. The number of guanidine groups is 1. The largest absolute Gasteiger partial charge is 0.353 e. The van der Waals surface area contributed by atoms with E-state index < -0.39 is 0 Å². The molecule has 6 heteroatoms. The number of nitrogens with zero attached hydrogens (tertiary/aromatic N) is 4. The lowest BCUT2D eigenvalue weighted by Crippen LogP contribution is -2.48. The number of hydrogen-bond donors (Lipinski definition) is 2. The third-order valence-electron chi connectivity index (χ3n) is 5.64. The summed E-state index contributed by atoms with van der Waals surface area (Å²) in [5.41, 5.74) is 1.42. The summed E-state index contributed by atoms with van der Waals surface area (Å²) in [4.78, 5) is 4.46. The van der Waals surface area contributed by atoms with E-state index in [0.717, 1.165) is 43.4 Å². The highest BCUT2D eigenvalue weighted by atomic mass is 15.3. The van der Waals surface area contributed by atoms with Gasteiger partial charge in [0.15, 0.2) is 5.96 Å². The lowest BCUT2D eigenvalue weighted by Gasteiger charge is -2.27. The zero-order valence-corrected chi connectivity index (χ0v) is 16.5. The van der Waals surface area contributed by atoms with Gasteiger partial charge in [-0.25, -0.2) is 0 Å². The molecule has 1 aromatic carbocycles. The zero-order valence-electron chi connectivity index (χ0n) is 16.5. The van der Waals surface area contributed by atoms with Crippen LogP contribution in [0.3, 0.4) is 0 Å². The van der Waals surface area contributed by atoms with Crippen LogP contribution >= 0.6 is 0 Å². The molecular formula is C21H30N6. The first kappa shape index (κ1) is 18.0. The number of aryl methyl sites for hydroxylation is 1. The molecule has 1 aromatic heterocycles. The van der Waals surface area contributed by atoms with Crippen LogP contribution < -0.4 is 10.6 Å². The van der Waals surface area contributed by atoms with Gasteiger partial charge in [-0.3, -0.25) is 4.99 Å². The van der Waals surface area contributed by atoms with Crippen molar-refractivity contribution in [3.63, 3.8) is 0 Å². The molecule has 3 atom stereocenters. The minimum atomic E-state index is 0.364. The second kappa shape index (κ2) is 7.71. The van der Waals surface area contributed by atoms with Crippen LogP contribution in [0.2, 0.25) is 0 Å². The van der Waals surface area contributed by atoms with E-state index in [1.54, 1.807) is 0 Å². The highest BCUT2D eigenvalue weighted by molar-refractivity contribution is 5.80. The van der Waals surface area contributed by atoms with Crippen molar-refractivity contribution in [3.8, 4) is 0 Å². The predicted molar refractivity (Wildman–Crippen MR) is 108 cm³/mol. The quantitative estimate of drug-likeness (QED) is 0.630. The van der Waals surface area contributed by atoms with Gasteiger partial charge in [0.1, 0.15) is 11.6 Å². The van der Waals surface area contributed by atoms with Crippen molar-refractivity contribution in [2.45, 2.75) is 64.1 Å². The van der Waals surface area contributed by atoms with E-state index in [1.165, 1.54) is 12.0 Å². The highest BCUT2D eigenvalue weighted by Gasteiger charge is 2.38. The second-order valence-electron chi connectivity index (χ2n) is 8.13. The Morgan fingerprint density at radius 3 is 2.78 bits per heavy atom. The third-order valence-corrected chi connectivity index (χ3v) is 5.64. The molecule has 2 N–H and O–H groups in total. The molecule has 0 spiro atoms. The van der Waals surface area contributed by atoms with Crippen LogP contribution in [0.25, 0.3) is 0 Å². The number of aliphatic imine (C=N–C) groups is 1. The maximum Gasteiger partial charge on any atom is 0.191 e. The molecule has 2 aromatic rings. The molecule has 0 radical (unpaired) electrons. The summed E-state index contributed by atoms with van der Waals surface area (Å²) in [5, 5.41) is 16.0. The SMILES string of the molecule is CN=C(NC1CCc2nnc(C(C)C)n2C1)NC1CC1Cc1ccccc1. The van der Waals surface area contributed by atoms with Crippen molar-refractivity contribution in [1.82, 2.24) is 25.4 Å². The summed E-state index contributed by atoms with van der Waals surface area (Å²) in [5.74, 6) is 4.22. The second-order valence-corrected chi connectivity index (χ2v) is 8.13. The van der Waals surface area contributed by atoms with Crippen LogP contribution in [0.1, 0.15) is 49.8 Å². The maximum atomic E-state index is 4.46. The van der Waals surface area contributed by atoms with E-state index in [4.69, 9.17) is 0 Å². The van der Waals surface area contributed by atoms with Crippen LogP contribution in [-0.2, 0) is 19.4 Å². The van der Waals surface area contributed by atoms with Gasteiger partial charge in [-0.2, -0.15) is 0 Å². The summed E-state index contributed by atoms with van der Waals surface area (Å²) >= 11 is 0. The molecule has 0 amide bonds. The molecule has 27 heavy (non-hydrogen) atoms. The zero-order chi connectivity index (χ0) is 18.8. The van der Waals surface area contributed by atoms with Gasteiger partial charge in [-0.1, -0.05) is 44.2 Å². The van der Waals surface area contributed by atoms with Crippen molar-refractivity contribution in [2.24, 2.45) is 10.9 Å². The van der Waals surface area contributed by atoms with Gasteiger partial charge in [-0.15, -0.1) is 10.2 Å². The van der Waals surface area contributed by atoms with Crippen LogP contribution in [0.5, 0.6) is 0 Å². The fraction of sp³-hybridized carbons (Fsp3) is 0.571. The molecule has 3 unspecified atom stereocenters. The number of aromatic nitrogens is 3. The number of fused-ring (bicyclic) bond motifs is 1. The Labute approximate surface area is 161 Å². The lowest BCUT2D eigenvalue weighted by atomic mass is 10.1. The van der Waals surface area contributed by atoms with Crippen LogP contribution in [0.15, 0.2) is 35.3 Å². The van der Waals surface area contributed by atoms with Gasteiger partial charge in [0.25, 0.3) is 0 Å². The molecule has 0 saturated heterocycles. The molecule has 1 aliphatic carbocycles. The van der Waals surface area contributed by atoms with E-state index in [0.29, 0.717) is 23.9 Å². The number of hydrogen-bond acceptors (Lipinski definition) is 3. The Morgan fingerprint density at radius 1 is 1.22 bits per heavy atom. The summed E-state index contributed by atoms with van der Waals surface area (Å²) < 4.78 is 2.29. The van der Waals surface area contributed by atoms with Crippen molar-refractivity contribution in [1.29, 1.82) is 0 Å². The van der Waals surface area contributed by atoms with Crippen molar-refractivity contribution in [2.75, 3.05) is 7.05 Å². The lowest BCUT2D eigenvalue weighted by molar-refractivity contribution is 0.407. The van der Waals surface area contributed by atoms with Crippen molar-refractivity contribution < 1.29 is 0 Å². The molecule has 2 heterocycles. The van der Waals surface area contributed by atoms with Gasteiger partial charge in [0, 0.05) is 38.0 Å². The van der Waals surface area contributed by atoms with Crippen molar-refractivity contribution in [3.05, 3.63) is 47.5 Å². The maximum absolute atomic E-state index is 4.46. The topological polar surface area (TPSA) is 67.1 Å². The van der Waals surface area contributed by atoms with Crippen LogP contribution in [0, 0.1) is 5.92 Å². The molecule has 1 aliphatic heterocycles. The summed E-state index contributed by atoms with van der Waals surface area (Å²) in [6, 6.07) is 11.6. The van der Waals surface area contributed by atoms with Gasteiger partial charge in [0.2, 0.25) is 0 Å². The molecule has 6 nitrogen and oxygen atoms in total. The van der Waals surface area contributed by atoms with Gasteiger partial charge < -0.3 is 15.2 Å². The fourth-order valence-corrected chi connectivity index (χ4v) is 4.00. The average molecular weight is 367 g/mol. The molecule has 1 fully saturated rings. The molecule has 144 valence electrons.